The number of nitrogens with one attached hydrogen (secondary N) is 2. The van der Waals surface area contributed by atoms with Gasteiger partial charge in [-0.05, 0) is 116 Å². The quantitative estimate of drug-likeness (QED) is 0.0972. The molecule has 3 N–H and O–H groups in total. The van der Waals surface area contributed by atoms with Gasteiger partial charge in [-0.25, -0.2) is 0 Å². The molecule has 0 radical (unpaired) electrons. The van der Waals surface area contributed by atoms with Crippen LogP contribution in [0.5, 0.6) is 11.5 Å². The second-order valence-corrected chi connectivity index (χ2v) is 19.9. The Kier molecular flexibility index (Phi) is 14.6. The predicted molar refractivity (Wildman–Crippen MR) is 260 cm³/mol. The third kappa shape index (κ3) is 11.1. The van der Waals surface area contributed by atoms with Gasteiger partial charge in [0.05, 0.1) is 25.8 Å². The van der Waals surface area contributed by atoms with Crippen LogP contribution in [0.25, 0.3) is 0 Å². The molecule has 372 valence electrons. The molecule has 4 aromatic rings. The number of nitrogens with zero attached hydrogens (tertiary/aromatic N) is 4. The van der Waals surface area contributed by atoms with Crippen LogP contribution in [0.15, 0.2) is 78.9 Å². The minimum atomic E-state index is -0.696. The van der Waals surface area contributed by atoms with E-state index in [-0.39, 0.29) is 55.7 Å². The zero-order valence-corrected chi connectivity index (χ0v) is 40.1. The molecule has 0 bridgehead atoms. The van der Waals surface area contributed by atoms with Gasteiger partial charge in [-0.1, -0.05) is 54.6 Å². The average molecular weight is 967 g/mol. The number of hydrogen-bond acceptors (Lipinski definition) is 12. The highest BCUT2D eigenvalue weighted by atomic mass is 16.5. The number of imide groups is 2. The predicted octanol–water partition coefficient (Wildman–Crippen LogP) is 4.79. The number of piperidine rings is 4. The minimum absolute atomic E-state index is 0.196. The van der Waals surface area contributed by atoms with E-state index in [1.165, 1.54) is 16.0 Å². The maximum atomic E-state index is 13.5. The first kappa shape index (κ1) is 48.2. The Bertz CT molecular complexity index is 2680. The van der Waals surface area contributed by atoms with Crippen molar-refractivity contribution in [3.8, 4) is 11.5 Å². The summed E-state index contributed by atoms with van der Waals surface area (Å²) in [5, 5.41) is 14.8. The van der Waals surface area contributed by atoms with Gasteiger partial charge in [0.15, 0.2) is 0 Å². The van der Waals surface area contributed by atoms with Crippen molar-refractivity contribution in [2.45, 2.75) is 115 Å². The number of benzene rings is 4. The molecule has 6 aliphatic heterocycles. The van der Waals surface area contributed by atoms with Crippen LogP contribution in [0.1, 0.15) is 111 Å². The van der Waals surface area contributed by atoms with Gasteiger partial charge in [0.25, 0.3) is 11.8 Å². The summed E-state index contributed by atoms with van der Waals surface area (Å²) < 4.78 is 19.1. The first-order valence-corrected chi connectivity index (χ1v) is 25.2. The summed E-state index contributed by atoms with van der Waals surface area (Å²) in [6.45, 7) is 7.78. The molecule has 4 saturated heterocycles. The molecule has 16 nitrogen and oxygen atoms in total. The standard InChI is InChI=1S/C55H62N6O10/c62-41-19-24-59(25-20-41)29-38-11-12-40(34-71-49-6-2-4-43-45(49)31-61(55(43)68)47-14-16-51(64)57-53(47)66)39(27-38)21-26-69-32-37-17-22-58(23-18-37)28-35-7-9-36(10-8-35)33-70-48-5-1-3-42-44(48)30-60(54(42)67)46-13-15-50(63)56-52(46)65/h1-12,27,37,41,46-47,62H,13-26,28-34H2,(H,56,63,65)(H,57,64,66). The van der Waals surface area contributed by atoms with Gasteiger partial charge >= 0.3 is 0 Å². The van der Waals surface area contributed by atoms with E-state index in [9.17, 15) is 33.9 Å². The fourth-order valence-electron chi connectivity index (χ4n) is 10.9. The second-order valence-electron chi connectivity index (χ2n) is 19.9. The van der Waals surface area contributed by atoms with Crippen molar-refractivity contribution in [3.05, 3.63) is 129 Å². The molecular weight excluding hydrogens is 905 g/mol. The lowest BCUT2D eigenvalue weighted by molar-refractivity contribution is -0.138. The van der Waals surface area contributed by atoms with Gasteiger partial charge in [0.1, 0.15) is 36.8 Å². The molecule has 0 saturated carbocycles. The lowest BCUT2D eigenvalue weighted by atomic mass is 9.97. The van der Waals surface area contributed by atoms with Gasteiger partial charge in [0, 0.05) is 67.9 Å². The third-order valence-corrected chi connectivity index (χ3v) is 15.1. The monoisotopic (exact) mass is 966 g/mol. The summed E-state index contributed by atoms with van der Waals surface area (Å²) in [4.78, 5) is 83.4. The SMILES string of the molecule is O=C1CCC(N2Cc3c(OCc4ccc(CN5CCC(COCCc6cc(CN7CCC(O)CC7)ccc6COc6cccc7c6CN(C6CCC(=O)NC6=O)C7=O)CC5)cc4)cccc3C2=O)C(=O)N1. The van der Waals surface area contributed by atoms with E-state index in [1.807, 2.05) is 12.1 Å². The summed E-state index contributed by atoms with van der Waals surface area (Å²) in [5.41, 5.74) is 8.20. The molecule has 6 aliphatic rings. The summed E-state index contributed by atoms with van der Waals surface area (Å²) in [7, 11) is 0. The van der Waals surface area contributed by atoms with Crippen molar-refractivity contribution in [2.75, 3.05) is 39.4 Å². The molecule has 2 unspecified atom stereocenters. The number of carbonyl (C=O) groups is 6. The van der Waals surface area contributed by atoms with Crippen LogP contribution in [0.4, 0.5) is 0 Å². The highest BCUT2D eigenvalue weighted by Crippen LogP contribution is 2.36. The largest absolute Gasteiger partial charge is 0.489 e. The zero-order chi connectivity index (χ0) is 49.0. The van der Waals surface area contributed by atoms with Crippen molar-refractivity contribution in [3.63, 3.8) is 0 Å². The van der Waals surface area contributed by atoms with E-state index in [0.29, 0.717) is 67.8 Å². The van der Waals surface area contributed by atoms with Crippen molar-refractivity contribution in [1.29, 1.82) is 0 Å². The Morgan fingerprint density at radius 3 is 1.66 bits per heavy atom. The highest BCUT2D eigenvalue weighted by molar-refractivity contribution is 6.06. The normalized spacial score (nSPS) is 21.4. The maximum absolute atomic E-state index is 13.5. The molecule has 6 heterocycles. The number of carbonyl (C=O) groups excluding carboxylic acids is 6. The van der Waals surface area contributed by atoms with E-state index in [0.717, 1.165) is 99.2 Å². The van der Waals surface area contributed by atoms with Crippen LogP contribution in [0, 0.1) is 5.92 Å². The Labute approximate surface area is 413 Å². The number of aliphatic hydroxyl groups is 1. The highest BCUT2D eigenvalue weighted by Gasteiger charge is 2.42. The van der Waals surface area contributed by atoms with Crippen molar-refractivity contribution in [2.24, 2.45) is 5.92 Å². The molecule has 4 fully saturated rings. The molecule has 0 spiro atoms. The Hall–Kier alpha value is -6.46. The molecule has 4 aromatic carbocycles. The number of ether oxygens (including phenoxy) is 3. The fourth-order valence-corrected chi connectivity index (χ4v) is 10.9. The van der Waals surface area contributed by atoms with Gasteiger partial charge in [0.2, 0.25) is 23.6 Å². The summed E-state index contributed by atoms with van der Waals surface area (Å²) >= 11 is 0. The van der Waals surface area contributed by atoms with Crippen molar-refractivity contribution >= 4 is 35.4 Å². The number of amides is 6. The number of hydrogen-bond donors (Lipinski definition) is 3. The smallest absolute Gasteiger partial charge is 0.255 e. The fraction of sp³-hybridized carbons (Fsp3) is 0.455. The second kappa shape index (κ2) is 21.5. The summed E-state index contributed by atoms with van der Waals surface area (Å²) in [5.74, 6) is -0.255. The molecular formula is C55H62N6O10. The third-order valence-electron chi connectivity index (χ3n) is 15.1. The zero-order valence-electron chi connectivity index (χ0n) is 40.1. The van der Waals surface area contributed by atoms with Crippen LogP contribution in [0.3, 0.4) is 0 Å². The molecule has 2 atom stereocenters. The minimum Gasteiger partial charge on any atom is -0.489 e. The number of aliphatic hydroxyl groups excluding tert-OH is 1. The lowest BCUT2D eigenvalue weighted by Crippen LogP contribution is -2.52. The molecule has 10 rings (SSSR count). The van der Waals surface area contributed by atoms with Gasteiger partial charge in [-0.3, -0.25) is 49.2 Å². The molecule has 0 aliphatic carbocycles. The van der Waals surface area contributed by atoms with Crippen LogP contribution in [0.2, 0.25) is 0 Å². The van der Waals surface area contributed by atoms with Gasteiger partial charge < -0.3 is 29.1 Å². The van der Waals surface area contributed by atoms with Crippen LogP contribution in [-0.4, -0.2) is 118 Å². The van der Waals surface area contributed by atoms with E-state index in [1.54, 1.807) is 29.2 Å². The Morgan fingerprint density at radius 2 is 1.08 bits per heavy atom. The van der Waals surface area contributed by atoms with E-state index >= 15 is 0 Å². The summed E-state index contributed by atoms with van der Waals surface area (Å²) in [6, 6.07) is 24.5. The van der Waals surface area contributed by atoms with Crippen molar-refractivity contribution < 1.29 is 48.1 Å². The molecule has 6 amide bonds. The first-order valence-electron chi connectivity index (χ1n) is 25.2. The topological polar surface area (TPSA) is 187 Å². The molecule has 0 aromatic heterocycles. The van der Waals surface area contributed by atoms with Gasteiger partial charge in [-0.15, -0.1) is 0 Å². The number of likely N-dealkylation sites (tertiary alicyclic amines) is 2. The average Bonchev–Trinajstić information content (AvgIpc) is 3.89. The van der Waals surface area contributed by atoms with Crippen LogP contribution in [-0.2, 0) is 69.7 Å². The first-order chi connectivity index (χ1) is 34.5. The van der Waals surface area contributed by atoms with Gasteiger partial charge in [-0.2, -0.15) is 0 Å². The van der Waals surface area contributed by atoms with E-state index < -0.39 is 23.9 Å². The van der Waals surface area contributed by atoms with E-state index in [4.69, 9.17) is 14.2 Å². The van der Waals surface area contributed by atoms with E-state index in [2.05, 4.69) is 62.9 Å². The Morgan fingerprint density at radius 1 is 0.563 bits per heavy atom. The van der Waals surface area contributed by atoms with Crippen molar-refractivity contribution in [1.82, 2.24) is 30.2 Å². The van der Waals surface area contributed by atoms with Crippen LogP contribution < -0.4 is 20.1 Å². The molecule has 16 heteroatoms. The lowest BCUT2D eigenvalue weighted by Gasteiger charge is -2.32. The number of rotatable bonds is 17. The Balaban J connectivity index is 0.692. The summed E-state index contributed by atoms with van der Waals surface area (Å²) in [6.07, 6.45) is 5.18. The number of fused-ring (bicyclic) bond motifs is 2. The van der Waals surface area contributed by atoms with Crippen LogP contribution >= 0.6 is 0 Å². The molecule has 71 heavy (non-hydrogen) atoms. The maximum Gasteiger partial charge on any atom is 0.255 e.